The normalized spacial score (nSPS) is 11.3. The molecular weight excluding hydrogens is 338 g/mol. The second-order valence-corrected chi connectivity index (χ2v) is 7.26. The van der Waals surface area contributed by atoms with E-state index < -0.39 is 10.0 Å². The standard InChI is InChI=1S/C19H19NO4S/c1-13-11-17(23-2)18(24-3)12-19(13)25(21,22)20-16-10-6-8-14-7-4-5-9-15(14)16/h4-12,20H,1-3H3. The van der Waals surface area contributed by atoms with Crippen LogP contribution in [0.2, 0.25) is 0 Å². The zero-order valence-corrected chi connectivity index (χ0v) is 15.1. The number of ether oxygens (including phenoxy) is 2. The Balaban J connectivity index is 2.08. The van der Waals surface area contributed by atoms with Crippen molar-refractivity contribution in [2.75, 3.05) is 18.9 Å². The first-order chi connectivity index (χ1) is 12.0. The van der Waals surface area contributed by atoms with E-state index in [1.807, 2.05) is 36.4 Å². The number of anilines is 1. The first-order valence-electron chi connectivity index (χ1n) is 7.69. The van der Waals surface area contributed by atoms with Crippen LogP contribution in [-0.4, -0.2) is 22.6 Å². The van der Waals surface area contributed by atoms with Gasteiger partial charge in [0.2, 0.25) is 0 Å². The highest BCUT2D eigenvalue weighted by atomic mass is 32.2. The maximum atomic E-state index is 12.9. The van der Waals surface area contributed by atoms with Crippen molar-refractivity contribution < 1.29 is 17.9 Å². The predicted molar refractivity (Wildman–Crippen MR) is 99.0 cm³/mol. The first kappa shape index (κ1) is 17.1. The lowest BCUT2D eigenvalue weighted by Crippen LogP contribution is -2.15. The van der Waals surface area contributed by atoms with Gasteiger partial charge in [-0.1, -0.05) is 36.4 Å². The number of hydrogen-bond donors (Lipinski definition) is 1. The van der Waals surface area contributed by atoms with Crippen LogP contribution < -0.4 is 14.2 Å². The second kappa shape index (κ2) is 6.64. The van der Waals surface area contributed by atoms with Crippen LogP contribution in [0.1, 0.15) is 5.56 Å². The Hall–Kier alpha value is -2.73. The third-order valence-electron chi connectivity index (χ3n) is 4.00. The average molecular weight is 357 g/mol. The Labute approximate surface area is 147 Å². The van der Waals surface area contributed by atoms with Crippen molar-refractivity contribution >= 4 is 26.5 Å². The number of sulfonamides is 1. The molecule has 0 heterocycles. The predicted octanol–water partition coefficient (Wildman–Crippen LogP) is 3.97. The van der Waals surface area contributed by atoms with E-state index in [2.05, 4.69) is 4.72 Å². The van der Waals surface area contributed by atoms with Gasteiger partial charge in [-0.15, -0.1) is 0 Å². The number of methoxy groups -OCH3 is 2. The van der Waals surface area contributed by atoms with E-state index >= 15 is 0 Å². The van der Waals surface area contributed by atoms with Crippen LogP contribution >= 0.6 is 0 Å². The van der Waals surface area contributed by atoms with Crippen molar-refractivity contribution in [3.8, 4) is 11.5 Å². The van der Waals surface area contributed by atoms with Gasteiger partial charge < -0.3 is 9.47 Å². The maximum absolute atomic E-state index is 12.9. The van der Waals surface area contributed by atoms with Crippen LogP contribution in [0.15, 0.2) is 59.5 Å². The summed E-state index contributed by atoms with van der Waals surface area (Å²) < 4.78 is 39.0. The minimum Gasteiger partial charge on any atom is -0.493 e. The van der Waals surface area contributed by atoms with E-state index in [4.69, 9.17) is 9.47 Å². The van der Waals surface area contributed by atoms with Crippen LogP contribution in [0.5, 0.6) is 11.5 Å². The SMILES string of the molecule is COc1cc(C)c(S(=O)(=O)Nc2cccc3ccccc23)cc1OC. The average Bonchev–Trinajstić information content (AvgIpc) is 2.61. The highest BCUT2D eigenvalue weighted by molar-refractivity contribution is 7.92. The largest absolute Gasteiger partial charge is 0.493 e. The summed E-state index contributed by atoms with van der Waals surface area (Å²) in [6, 6.07) is 16.2. The molecular formula is C19H19NO4S. The topological polar surface area (TPSA) is 64.6 Å². The van der Waals surface area contributed by atoms with Gasteiger partial charge in [-0.05, 0) is 30.0 Å². The summed E-state index contributed by atoms with van der Waals surface area (Å²) in [5.74, 6) is 0.857. The second-order valence-electron chi connectivity index (χ2n) is 5.60. The fourth-order valence-corrected chi connectivity index (χ4v) is 4.09. The molecule has 25 heavy (non-hydrogen) atoms. The van der Waals surface area contributed by atoms with Gasteiger partial charge in [0.15, 0.2) is 11.5 Å². The van der Waals surface area contributed by atoms with Gasteiger partial charge in [0.1, 0.15) is 0 Å². The molecule has 0 aliphatic heterocycles. The van der Waals surface area contributed by atoms with E-state index in [9.17, 15) is 8.42 Å². The van der Waals surface area contributed by atoms with Crippen molar-refractivity contribution in [2.24, 2.45) is 0 Å². The zero-order valence-electron chi connectivity index (χ0n) is 14.2. The summed E-state index contributed by atoms with van der Waals surface area (Å²) in [4.78, 5) is 0.151. The van der Waals surface area contributed by atoms with Crippen molar-refractivity contribution in [3.63, 3.8) is 0 Å². The number of hydrogen-bond acceptors (Lipinski definition) is 4. The molecule has 0 aliphatic carbocycles. The molecule has 1 N–H and O–H groups in total. The Morgan fingerprint density at radius 3 is 2.24 bits per heavy atom. The number of benzene rings is 3. The molecule has 0 saturated carbocycles. The molecule has 6 heteroatoms. The molecule has 0 radical (unpaired) electrons. The summed E-state index contributed by atoms with van der Waals surface area (Å²) in [5, 5.41) is 1.80. The number of fused-ring (bicyclic) bond motifs is 1. The molecule has 0 saturated heterocycles. The molecule has 0 spiro atoms. The number of nitrogens with one attached hydrogen (secondary N) is 1. The molecule has 5 nitrogen and oxygen atoms in total. The minimum absolute atomic E-state index is 0.151. The van der Waals surface area contributed by atoms with Gasteiger partial charge in [-0.25, -0.2) is 8.42 Å². The lowest BCUT2D eigenvalue weighted by atomic mass is 10.1. The van der Waals surface area contributed by atoms with Crippen LogP contribution in [0, 0.1) is 6.92 Å². The van der Waals surface area contributed by atoms with Crippen LogP contribution in [0.3, 0.4) is 0 Å². The third kappa shape index (κ3) is 3.25. The Morgan fingerprint density at radius 2 is 1.52 bits per heavy atom. The Bertz CT molecular complexity index is 1020. The highest BCUT2D eigenvalue weighted by Gasteiger charge is 2.21. The molecule has 3 aromatic rings. The van der Waals surface area contributed by atoms with E-state index in [-0.39, 0.29) is 4.90 Å². The van der Waals surface area contributed by atoms with Crippen LogP contribution in [0.4, 0.5) is 5.69 Å². The van der Waals surface area contributed by atoms with Gasteiger partial charge in [0.25, 0.3) is 10.0 Å². The van der Waals surface area contributed by atoms with Crippen molar-refractivity contribution in [3.05, 3.63) is 60.2 Å². The monoisotopic (exact) mass is 357 g/mol. The van der Waals surface area contributed by atoms with Crippen LogP contribution in [-0.2, 0) is 10.0 Å². The Morgan fingerprint density at radius 1 is 0.880 bits per heavy atom. The van der Waals surface area contributed by atoms with Crippen LogP contribution in [0.25, 0.3) is 10.8 Å². The smallest absolute Gasteiger partial charge is 0.262 e. The summed E-state index contributed by atoms with van der Waals surface area (Å²) in [6.07, 6.45) is 0. The molecule has 0 atom stereocenters. The zero-order chi connectivity index (χ0) is 18.0. The van der Waals surface area contributed by atoms with Crippen molar-refractivity contribution in [2.45, 2.75) is 11.8 Å². The first-order valence-corrected chi connectivity index (χ1v) is 9.18. The number of rotatable bonds is 5. The fraction of sp³-hybridized carbons (Fsp3) is 0.158. The third-order valence-corrected chi connectivity index (χ3v) is 5.51. The molecule has 0 aromatic heterocycles. The van der Waals surface area contributed by atoms with E-state index in [1.54, 1.807) is 19.1 Å². The molecule has 0 bridgehead atoms. The molecule has 0 amide bonds. The lowest BCUT2D eigenvalue weighted by molar-refractivity contribution is 0.353. The summed E-state index contributed by atoms with van der Waals surface area (Å²) in [6.45, 7) is 1.72. The van der Waals surface area contributed by atoms with Gasteiger partial charge in [-0.3, -0.25) is 4.72 Å². The van der Waals surface area contributed by atoms with Crippen molar-refractivity contribution in [1.29, 1.82) is 0 Å². The summed E-state index contributed by atoms with van der Waals surface area (Å²) in [7, 11) is -0.791. The lowest BCUT2D eigenvalue weighted by Gasteiger charge is -2.15. The quantitative estimate of drug-likeness (QED) is 0.750. The summed E-state index contributed by atoms with van der Waals surface area (Å²) >= 11 is 0. The van der Waals surface area contributed by atoms with E-state index in [0.717, 1.165) is 10.8 Å². The maximum Gasteiger partial charge on any atom is 0.262 e. The Kier molecular flexibility index (Phi) is 4.55. The van der Waals surface area contributed by atoms with Gasteiger partial charge in [-0.2, -0.15) is 0 Å². The van der Waals surface area contributed by atoms with Gasteiger partial charge in [0, 0.05) is 11.5 Å². The van der Waals surface area contributed by atoms with Crippen molar-refractivity contribution in [1.82, 2.24) is 0 Å². The molecule has 0 aliphatic rings. The minimum atomic E-state index is -3.78. The molecule has 130 valence electrons. The fourth-order valence-electron chi connectivity index (χ4n) is 2.77. The highest BCUT2D eigenvalue weighted by Crippen LogP contribution is 2.34. The molecule has 0 fully saturated rings. The van der Waals surface area contributed by atoms with E-state index in [1.165, 1.54) is 20.3 Å². The molecule has 3 aromatic carbocycles. The molecule has 0 unspecified atom stereocenters. The summed E-state index contributed by atoms with van der Waals surface area (Å²) in [5.41, 5.74) is 1.11. The van der Waals surface area contributed by atoms with Gasteiger partial charge in [0.05, 0.1) is 24.8 Å². The number of aryl methyl sites for hydroxylation is 1. The van der Waals surface area contributed by atoms with E-state index in [0.29, 0.717) is 22.7 Å². The molecule has 3 rings (SSSR count). The van der Waals surface area contributed by atoms with Gasteiger partial charge >= 0.3 is 0 Å².